The molecule has 12 heteroatoms. The molecular weight excluding hydrogens is 652 g/mol. The van der Waals surface area contributed by atoms with E-state index in [9.17, 15) is 27.6 Å². The van der Waals surface area contributed by atoms with Crippen LogP contribution >= 0.6 is 11.6 Å². The highest BCUT2D eigenvalue weighted by atomic mass is 35.5. The summed E-state index contributed by atoms with van der Waals surface area (Å²) in [4.78, 5) is 40.5. The minimum atomic E-state index is -4.81. The van der Waals surface area contributed by atoms with Crippen LogP contribution in [0.15, 0.2) is 71.7 Å². The number of rotatable bonds is 5. The SMILES string of the molecule is CCOC(=O)C[C@@H]1NC(=O)[C@@H](n2ccc(C(F)(F)F)cc2=O)c2cc(ccc2Cl)COc2cccc(C)c2-c2cc(C3CC3)c(F)c1c2. The van der Waals surface area contributed by atoms with Crippen molar-refractivity contribution < 1.29 is 36.6 Å². The summed E-state index contributed by atoms with van der Waals surface area (Å²) in [5.74, 6) is -1.78. The van der Waals surface area contributed by atoms with Crippen LogP contribution < -0.4 is 15.6 Å². The summed E-state index contributed by atoms with van der Waals surface area (Å²) in [5.41, 5.74) is 0.939. The largest absolute Gasteiger partial charge is 0.488 e. The number of ether oxygens (including phenoxy) is 2. The van der Waals surface area contributed by atoms with E-state index >= 15 is 4.39 Å². The van der Waals surface area contributed by atoms with E-state index in [4.69, 9.17) is 21.1 Å². The number of aryl methyl sites for hydroxylation is 1. The summed E-state index contributed by atoms with van der Waals surface area (Å²) in [6, 6.07) is 11.7. The molecule has 7 nitrogen and oxygen atoms in total. The van der Waals surface area contributed by atoms with Crippen molar-refractivity contribution in [3.63, 3.8) is 0 Å². The smallest absolute Gasteiger partial charge is 0.416 e. The highest BCUT2D eigenvalue weighted by Crippen LogP contribution is 2.46. The van der Waals surface area contributed by atoms with Crippen LogP contribution in [0.1, 0.15) is 77.6 Å². The molecule has 1 aliphatic heterocycles. The van der Waals surface area contributed by atoms with E-state index in [1.807, 2.05) is 19.1 Å². The normalized spacial score (nSPS) is 17.9. The Labute approximate surface area is 278 Å². The van der Waals surface area contributed by atoms with Crippen LogP contribution in [-0.4, -0.2) is 23.1 Å². The van der Waals surface area contributed by atoms with Gasteiger partial charge in [-0.2, -0.15) is 13.2 Å². The van der Waals surface area contributed by atoms with Crippen molar-refractivity contribution in [1.29, 1.82) is 0 Å². The molecule has 2 atom stereocenters. The van der Waals surface area contributed by atoms with E-state index in [1.54, 1.807) is 31.2 Å². The van der Waals surface area contributed by atoms with Crippen molar-refractivity contribution in [2.75, 3.05) is 6.61 Å². The number of halogens is 5. The Morgan fingerprint density at radius 2 is 1.79 bits per heavy atom. The molecule has 4 bridgehead atoms. The van der Waals surface area contributed by atoms with Crippen LogP contribution in [0.3, 0.4) is 0 Å². The molecule has 1 saturated carbocycles. The summed E-state index contributed by atoms with van der Waals surface area (Å²) in [5, 5.41) is 2.78. The van der Waals surface area contributed by atoms with Crippen LogP contribution in [0.2, 0.25) is 5.02 Å². The molecular formula is C36H31ClF4N2O5. The van der Waals surface area contributed by atoms with Crippen molar-refractivity contribution in [2.24, 2.45) is 0 Å². The van der Waals surface area contributed by atoms with Gasteiger partial charge in [-0.05, 0) is 91.3 Å². The monoisotopic (exact) mass is 682 g/mol. The summed E-state index contributed by atoms with van der Waals surface area (Å²) >= 11 is 6.60. The van der Waals surface area contributed by atoms with E-state index in [-0.39, 0.29) is 35.3 Å². The zero-order chi connectivity index (χ0) is 34.3. The predicted octanol–water partition coefficient (Wildman–Crippen LogP) is 7.80. The molecule has 250 valence electrons. The molecule has 0 saturated heterocycles. The van der Waals surface area contributed by atoms with E-state index < -0.39 is 53.5 Å². The molecule has 2 heterocycles. The summed E-state index contributed by atoms with van der Waals surface area (Å²) in [6.45, 7) is 3.55. The fraction of sp³-hybridized carbons (Fsp3) is 0.306. The van der Waals surface area contributed by atoms with Crippen LogP contribution in [0.4, 0.5) is 17.6 Å². The van der Waals surface area contributed by atoms with E-state index in [0.29, 0.717) is 40.1 Å². The van der Waals surface area contributed by atoms with Crippen LogP contribution in [0, 0.1) is 12.7 Å². The third kappa shape index (κ3) is 6.69. The molecule has 6 rings (SSSR count). The lowest BCUT2D eigenvalue weighted by molar-refractivity contribution is -0.144. The molecule has 2 aliphatic rings. The molecule has 1 aliphatic carbocycles. The van der Waals surface area contributed by atoms with Gasteiger partial charge in [-0.25, -0.2) is 4.39 Å². The number of carbonyl (C=O) groups excluding carboxylic acids is 2. The first-order chi connectivity index (χ1) is 22.8. The highest BCUT2D eigenvalue weighted by Gasteiger charge is 2.36. The molecule has 0 radical (unpaired) electrons. The van der Waals surface area contributed by atoms with Crippen LogP contribution in [0.25, 0.3) is 11.1 Å². The second-order valence-electron chi connectivity index (χ2n) is 12.0. The number of aromatic nitrogens is 1. The van der Waals surface area contributed by atoms with Crippen molar-refractivity contribution in [1.82, 2.24) is 9.88 Å². The van der Waals surface area contributed by atoms with Gasteiger partial charge in [0.05, 0.1) is 24.6 Å². The second-order valence-corrected chi connectivity index (χ2v) is 12.4. The summed E-state index contributed by atoms with van der Waals surface area (Å²) in [6.07, 6.45) is -2.89. The van der Waals surface area contributed by atoms with Gasteiger partial charge in [0.1, 0.15) is 24.2 Å². The Bertz CT molecular complexity index is 1970. The number of fused-ring (bicyclic) bond motifs is 6. The van der Waals surface area contributed by atoms with Gasteiger partial charge in [-0.15, -0.1) is 0 Å². The Morgan fingerprint density at radius 3 is 2.48 bits per heavy atom. The number of hydrogen-bond acceptors (Lipinski definition) is 5. The van der Waals surface area contributed by atoms with Gasteiger partial charge in [-0.1, -0.05) is 29.8 Å². The minimum absolute atomic E-state index is 0.00584. The lowest BCUT2D eigenvalue weighted by Crippen LogP contribution is -2.40. The van der Waals surface area contributed by atoms with Crippen LogP contribution in [-0.2, 0) is 27.1 Å². The summed E-state index contributed by atoms with van der Waals surface area (Å²) < 4.78 is 69.3. The first kappa shape index (κ1) is 33.3. The fourth-order valence-electron chi connectivity index (χ4n) is 6.12. The number of alkyl halides is 3. The number of amides is 1. The van der Waals surface area contributed by atoms with Crippen molar-refractivity contribution in [2.45, 2.75) is 63.9 Å². The Hall–Kier alpha value is -4.64. The van der Waals surface area contributed by atoms with Crippen molar-refractivity contribution in [3.8, 4) is 16.9 Å². The molecule has 0 unspecified atom stereocenters. The molecule has 1 aromatic heterocycles. The maximum Gasteiger partial charge on any atom is 0.416 e. The average Bonchev–Trinajstić information content (AvgIpc) is 3.87. The number of carbonyl (C=O) groups is 2. The number of esters is 1. The molecule has 48 heavy (non-hydrogen) atoms. The van der Waals surface area contributed by atoms with Crippen molar-refractivity contribution in [3.05, 3.63) is 121 Å². The lowest BCUT2D eigenvalue weighted by atomic mass is 9.90. The topological polar surface area (TPSA) is 86.6 Å². The Balaban J connectivity index is 1.59. The van der Waals surface area contributed by atoms with Gasteiger partial charge in [0, 0.05) is 34.0 Å². The predicted molar refractivity (Wildman–Crippen MR) is 170 cm³/mol. The van der Waals surface area contributed by atoms with E-state index in [2.05, 4.69) is 5.32 Å². The third-order valence-corrected chi connectivity index (χ3v) is 8.93. The minimum Gasteiger partial charge on any atom is -0.488 e. The van der Waals surface area contributed by atoms with Gasteiger partial charge in [-0.3, -0.25) is 19.0 Å². The Kier molecular flexibility index (Phi) is 9.08. The molecule has 1 N–H and O–H groups in total. The first-order valence-electron chi connectivity index (χ1n) is 15.5. The zero-order valence-electron chi connectivity index (χ0n) is 26.0. The maximum absolute atomic E-state index is 16.5. The molecule has 4 aromatic rings. The first-order valence-corrected chi connectivity index (χ1v) is 15.8. The second kappa shape index (κ2) is 13.1. The number of benzene rings is 3. The molecule has 1 amide bonds. The molecule has 1 fully saturated rings. The van der Waals surface area contributed by atoms with E-state index in [1.165, 1.54) is 12.1 Å². The third-order valence-electron chi connectivity index (χ3n) is 8.59. The lowest BCUT2D eigenvalue weighted by Gasteiger charge is -2.27. The van der Waals surface area contributed by atoms with Gasteiger partial charge in [0.15, 0.2) is 0 Å². The number of pyridine rings is 1. The standard InChI is InChI=1S/C36H31ClF4N2O5/c1-3-47-31(45)17-28-26-15-22(14-24(33(26)38)21-8-9-21)32-19(2)5-4-6-29(32)48-18-20-7-10-27(37)25(13-20)34(35(46)42-28)43-12-11-23(16-30(43)44)36(39,40)41/h4-7,10-16,21,28,34H,3,8-9,17-18H2,1-2H3,(H,42,46)/t28-,34-/m0/s1. The van der Waals surface area contributed by atoms with E-state index in [0.717, 1.165) is 29.2 Å². The number of hydrogen-bond donors (Lipinski definition) is 1. The van der Waals surface area contributed by atoms with Crippen molar-refractivity contribution >= 4 is 23.5 Å². The van der Waals surface area contributed by atoms with Gasteiger partial charge < -0.3 is 14.8 Å². The maximum atomic E-state index is 16.5. The molecule has 0 spiro atoms. The van der Waals surface area contributed by atoms with Gasteiger partial charge in [0.25, 0.3) is 5.56 Å². The fourth-order valence-corrected chi connectivity index (χ4v) is 6.34. The number of nitrogens with zero attached hydrogens (tertiary/aromatic N) is 1. The van der Waals surface area contributed by atoms with Crippen LogP contribution in [0.5, 0.6) is 5.75 Å². The Morgan fingerprint density at radius 1 is 1.04 bits per heavy atom. The number of nitrogens with one attached hydrogen (secondary N) is 1. The quantitative estimate of drug-likeness (QED) is 0.172. The van der Waals surface area contributed by atoms with Gasteiger partial charge in [0.2, 0.25) is 5.91 Å². The summed E-state index contributed by atoms with van der Waals surface area (Å²) in [7, 11) is 0. The average molecular weight is 683 g/mol. The molecule has 3 aromatic carbocycles. The zero-order valence-corrected chi connectivity index (χ0v) is 26.8. The van der Waals surface area contributed by atoms with Gasteiger partial charge >= 0.3 is 12.1 Å². The highest BCUT2D eigenvalue weighted by molar-refractivity contribution is 6.31.